The van der Waals surface area contributed by atoms with Gasteiger partial charge in [0.15, 0.2) is 0 Å². The van der Waals surface area contributed by atoms with E-state index in [4.69, 9.17) is 11.6 Å². The Balaban J connectivity index is 1.66. The highest BCUT2D eigenvalue weighted by Gasteiger charge is 2.23. The molecule has 130 valence electrons. The van der Waals surface area contributed by atoms with E-state index in [1.54, 1.807) is 17.9 Å². The fourth-order valence-electron chi connectivity index (χ4n) is 3.00. The molecule has 0 bridgehead atoms. The normalized spacial score (nSPS) is 14.5. The quantitative estimate of drug-likeness (QED) is 0.621. The average Bonchev–Trinajstić information content (AvgIpc) is 2.61. The number of piperazine rings is 1. The Morgan fingerprint density at radius 1 is 1.08 bits per heavy atom. The van der Waals surface area contributed by atoms with Gasteiger partial charge in [-0.15, -0.1) is 0 Å². The molecule has 0 unspecified atom stereocenters. The van der Waals surface area contributed by atoms with Crippen LogP contribution in [0.25, 0.3) is 0 Å². The molecule has 2 aromatic rings. The third-order valence-electron chi connectivity index (χ3n) is 4.40. The van der Waals surface area contributed by atoms with Crippen LogP contribution >= 0.6 is 11.6 Å². The molecule has 6 nitrogen and oxygen atoms in total. The maximum atomic E-state index is 12.6. The smallest absolute Gasteiger partial charge is 0.272 e. The number of hydrogen-bond acceptors (Lipinski definition) is 4. The fourth-order valence-corrected chi connectivity index (χ4v) is 3.12. The number of benzene rings is 2. The zero-order valence-electron chi connectivity index (χ0n) is 13.8. The molecule has 3 rings (SSSR count). The zero-order chi connectivity index (χ0) is 18.0. The first-order valence-corrected chi connectivity index (χ1v) is 8.38. The molecule has 0 aromatic heterocycles. The van der Waals surface area contributed by atoms with E-state index in [1.165, 1.54) is 12.1 Å². The second kappa shape index (κ2) is 7.11. The van der Waals surface area contributed by atoms with Crippen LogP contribution in [0.4, 0.5) is 11.4 Å². The second-order valence-electron chi connectivity index (χ2n) is 6.01. The monoisotopic (exact) mass is 359 g/mol. The summed E-state index contributed by atoms with van der Waals surface area (Å²) in [5.41, 5.74) is 2.10. The Bertz CT molecular complexity index is 800. The van der Waals surface area contributed by atoms with Crippen molar-refractivity contribution >= 4 is 28.9 Å². The Morgan fingerprint density at radius 2 is 1.72 bits per heavy atom. The summed E-state index contributed by atoms with van der Waals surface area (Å²) >= 11 is 5.91. The first kappa shape index (κ1) is 17.2. The van der Waals surface area contributed by atoms with Crippen LogP contribution in [0.1, 0.15) is 15.9 Å². The summed E-state index contributed by atoms with van der Waals surface area (Å²) in [6, 6.07) is 12.2. The topological polar surface area (TPSA) is 66.7 Å². The lowest BCUT2D eigenvalue weighted by Gasteiger charge is -2.36. The minimum absolute atomic E-state index is 0.0316. The van der Waals surface area contributed by atoms with Gasteiger partial charge >= 0.3 is 0 Å². The van der Waals surface area contributed by atoms with Crippen molar-refractivity contribution in [2.75, 3.05) is 31.1 Å². The van der Waals surface area contributed by atoms with Gasteiger partial charge in [-0.1, -0.05) is 11.6 Å². The van der Waals surface area contributed by atoms with Crippen molar-refractivity contribution < 1.29 is 9.72 Å². The molecule has 1 heterocycles. The molecule has 1 aliphatic rings. The predicted molar refractivity (Wildman–Crippen MR) is 97.4 cm³/mol. The van der Waals surface area contributed by atoms with E-state index in [2.05, 4.69) is 4.90 Å². The van der Waals surface area contributed by atoms with Crippen LogP contribution in [0, 0.1) is 17.0 Å². The number of carbonyl (C=O) groups excluding carboxylic acids is 1. The Morgan fingerprint density at radius 3 is 2.28 bits per heavy atom. The van der Waals surface area contributed by atoms with Crippen molar-refractivity contribution in [3.05, 3.63) is 68.7 Å². The molecule has 1 amide bonds. The second-order valence-corrected chi connectivity index (χ2v) is 6.45. The van der Waals surface area contributed by atoms with E-state index in [0.29, 0.717) is 29.2 Å². The number of anilines is 1. The van der Waals surface area contributed by atoms with Gasteiger partial charge in [0.05, 0.1) is 4.92 Å². The van der Waals surface area contributed by atoms with E-state index in [1.807, 2.05) is 24.3 Å². The first-order valence-electron chi connectivity index (χ1n) is 8.00. The Kier molecular flexibility index (Phi) is 4.90. The van der Waals surface area contributed by atoms with Crippen LogP contribution in [0.5, 0.6) is 0 Å². The standard InChI is InChI=1S/C18H18ClN3O3/c1-13-12-14(2-7-17(13)22(24)25)18(23)21-10-8-20(9-11-21)16-5-3-15(19)4-6-16/h2-7,12H,8-11H2,1H3. The highest BCUT2D eigenvalue weighted by atomic mass is 35.5. The molecule has 0 spiro atoms. The fraction of sp³-hybridized carbons (Fsp3) is 0.278. The SMILES string of the molecule is Cc1cc(C(=O)N2CCN(c3ccc(Cl)cc3)CC2)ccc1[N+](=O)[O-]. The first-order chi connectivity index (χ1) is 12.0. The van der Waals surface area contributed by atoms with E-state index in [9.17, 15) is 14.9 Å². The lowest BCUT2D eigenvalue weighted by Crippen LogP contribution is -2.48. The number of carbonyl (C=O) groups is 1. The van der Waals surface area contributed by atoms with Crippen molar-refractivity contribution in [3.63, 3.8) is 0 Å². The molecule has 7 heteroatoms. The molecule has 2 aromatic carbocycles. The summed E-state index contributed by atoms with van der Waals surface area (Å²) in [7, 11) is 0. The average molecular weight is 360 g/mol. The van der Waals surface area contributed by atoms with Gasteiger partial charge in [0.2, 0.25) is 0 Å². The number of nitro benzene ring substituents is 1. The van der Waals surface area contributed by atoms with Crippen molar-refractivity contribution in [2.45, 2.75) is 6.92 Å². The maximum absolute atomic E-state index is 12.6. The minimum atomic E-state index is -0.436. The zero-order valence-corrected chi connectivity index (χ0v) is 14.6. The van der Waals surface area contributed by atoms with E-state index in [-0.39, 0.29) is 11.6 Å². The number of rotatable bonds is 3. The molecule has 0 aliphatic carbocycles. The van der Waals surface area contributed by atoms with Crippen LogP contribution in [-0.2, 0) is 0 Å². The summed E-state index contributed by atoms with van der Waals surface area (Å²) in [5.74, 6) is -0.0891. The van der Waals surface area contributed by atoms with E-state index >= 15 is 0 Å². The van der Waals surface area contributed by atoms with Gasteiger partial charge in [-0.3, -0.25) is 14.9 Å². The van der Waals surface area contributed by atoms with Crippen LogP contribution < -0.4 is 4.90 Å². The van der Waals surface area contributed by atoms with Crippen molar-refractivity contribution in [2.24, 2.45) is 0 Å². The van der Waals surface area contributed by atoms with Gasteiger partial charge in [-0.2, -0.15) is 0 Å². The lowest BCUT2D eigenvalue weighted by atomic mass is 10.1. The highest BCUT2D eigenvalue weighted by molar-refractivity contribution is 6.30. The summed E-state index contributed by atoms with van der Waals surface area (Å²) < 4.78 is 0. The molecule has 1 fully saturated rings. The number of nitrogens with zero attached hydrogens (tertiary/aromatic N) is 3. The largest absolute Gasteiger partial charge is 0.368 e. The van der Waals surface area contributed by atoms with Gasteiger partial charge in [0.25, 0.3) is 11.6 Å². The maximum Gasteiger partial charge on any atom is 0.272 e. The van der Waals surface area contributed by atoms with Crippen molar-refractivity contribution in [1.82, 2.24) is 4.90 Å². The molecule has 25 heavy (non-hydrogen) atoms. The highest BCUT2D eigenvalue weighted by Crippen LogP contribution is 2.22. The third-order valence-corrected chi connectivity index (χ3v) is 4.65. The summed E-state index contributed by atoms with van der Waals surface area (Å²) in [4.78, 5) is 27.1. The molecule has 0 saturated carbocycles. The minimum Gasteiger partial charge on any atom is -0.368 e. The van der Waals surface area contributed by atoms with Gasteiger partial charge in [0.1, 0.15) is 0 Å². The van der Waals surface area contributed by atoms with Crippen LogP contribution in [0.15, 0.2) is 42.5 Å². The number of hydrogen-bond donors (Lipinski definition) is 0. The van der Waals surface area contributed by atoms with Crippen molar-refractivity contribution in [1.29, 1.82) is 0 Å². The Labute approximate surface area is 150 Å². The van der Waals surface area contributed by atoms with Gasteiger partial charge in [-0.25, -0.2) is 0 Å². The number of aryl methyl sites for hydroxylation is 1. The molecule has 0 N–H and O–H groups in total. The van der Waals surface area contributed by atoms with Crippen LogP contribution in [0.3, 0.4) is 0 Å². The van der Waals surface area contributed by atoms with Gasteiger partial charge in [0, 0.05) is 54.1 Å². The molecule has 1 aliphatic heterocycles. The lowest BCUT2D eigenvalue weighted by molar-refractivity contribution is -0.385. The number of halogens is 1. The third kappa shape index (κ3) is 3.74. The van der Waals surface area contributed by atoms with E-state index in [0.717, 1.165) is 18.8 Å². The number of amides is 1. The van der Waals surface area contributed by atoms with Gasteiger partial charge in [-0.05, 0) is 43.3 Å². The molecule has 0 radical (unpaired) electrons. The molecule has 0 atom stereocenters. The van der Waals surface area contributed by atoms with E-state index < -0.39 is 4.92 Å². The molecular weight excluding hydrogens is 342 g/mol. The predicted octanol–water partition coefficient (Wildman–Crippen LogP) is 3.52. The Hall–Kier alpha value is -2.60. The molecule has 1 saturated heterocycles. The number of nitro groups is 1. The van der Waals surface area contributed by atoms with Crippen LogP contribution in [0.2, 0.25) is 5.02 Å². The van der Waals surface area contributed by atoms with Gasteiger partial charge < -0.3 is 9.80 Å². The summed E-state index contributed by atoms with van der Waals surface area (Å²) in [5, 5.41) is 11.6. The molecular formula is C18H18ClN3O3. The summed E-state index contributed by atoms with van der Waals surface area (Å²) in [6.07, 6.45) is 0. The van der Waals surface area contributed by atoms with Crippen molar-refractivity contribution in [3.8, 4) is 0 Å². The summed E-state index contributed by atoms with van der Waals surface area (Å²) in [6.45, 7) is 4.33. The van der Waals surface area contributed by atoms with Crippen LogP contribution in [-0.4, -0.2) is 41.9 Å².